The third kappa shape index (κ3) is 5.09. The van der Waals surface area contributed by atoms with Gasteiger partial charge in [0.1, 0.15) is 0 Å². The zero-order valence-corrected chi connectivity index (χ0v) is 18.2. The van der Waals surface area contributed by atoms with Crippen molar-refractivity contribution in [1.29, 1.82) is 0 Å². The molecule has 0 aliphatic rings. The first-order valence-corrected chi connectivity index (χ1v) is 11.1. The molecule has 5 nitrogen and oxygen atoms in total. The summed E-state index contributed by atoms with van der Waals surface area (Å²) in [6, 6.07) is 8.74. The summed E-state index contributed by atoms with van der Waals surface area (Å²) in [6.07, 6.45) is 0. The molecule has 2 aromatic carbocycles. The quantitative estimate of drug-likeness (QED) is 0.643. The SMILES string of the molecule is CNS(=O)(=O)c1ccc(C)c(NC(=O)CSc2cc(C)c(Br)cc2C)c1. The molecule has 8 heteroatoms. The van der Waals surface area contributed by atoms with Crippen LogP contribution in [0.5, 0.6) is 0 Å². The molecule has 2 rings (SSSR count). The van der Waals surface area contributed by atoms with Gasteiger partial charge in [0.2, 0.25) is 15.9 Å². The van der Waals surface area contributed by atoms with Gasteiger partial charge in [-0.15, -0.1) is 11.8 Å². The Labute approximate surface area is 167 Å². The topological polar surface area (TPSA) is 75.3 Å². The van der Waals surface area contributed by atoms with Crippen LogP contribution in [0.15, 0.2) is 44.6 Å². The predicted octanol–water partition coefficient (Wildman–Crippen LogP) is 4.01. The lowest BCUT2D eigenvalue weighted by atomic mass is 10.2. The number of benzene rings is 2. The molecule has 0 spiro atoms. The summed E-state index contributed by atoms with van der Waals surface area (Å²) >= 11 is 4.95. The van der Waals surface area contributed by atoms with Gasteiger partial charge in [-0.25, -0.2) is 13.1 Å². The molecule has 1 amide bonds. The predicted molar refractivity (Wildman–Crippen MR) is 110 cm³/mol. The normalized spacial score (nSPS) is 11.4. The average Bonchev–Trinajstić information content (AvgIpc) is 2.58. The molecule has 0 saturated heterocycles. The average molecular weight is 457 g/mol. The van der Waals surface area contributed by atoms with Crippen molar-refractivity contribution in [2.75, 3.05) is 18.1 Å². The Morgan fingerprint density at radius 3 is 2.42 bits per heavy atom. The Hall–Kier alpha value is -1.35. The molecule has 0 heterocycles. The molecule has 0 aromatic heterocycles. The van der Waals surface area contributed by atoms with Crippen LogP contribution in [0.4, 0.5) is 5.69 Å². The van der Waals surface area contributed by atoms with Gasteiger partial charge in [-0.3, -0.25) is 4.79 Å². The van der Waals surface area contributed by atoms with E-state index in [1.165, 1.54) is 30.9 Å². The lowest BCUT2D eigenvalue weighted by molar-refractivity contribution is -0.113. The van der Waals surface area contributed by atoms with Crippen molar-refractivity contribution in [2.45, 2.75) is 30.6 Å². The highest BCUT2D eigenvalue weighted by Gasteiger charge is 2.14. The van der Waals surface area contributed by atoms with Crippen LogP contribution in [0, 0.1) is 20.8 Å². The zero-order chi connectivity index (χ0) is 19.5. The van der Waals surface area contributed by atoms with Gasteiger partial charge >= 0.3 is 0 Å². The van der Waals surface area contributed by atoms with Gasteiger partial charge < -0.3 is 5.32 Å². The van der Waals surface area contributed by atoms with E-state index in [1.54, 1.807) is 6.07 Å². The second-order valence-electron chi connectivity index (χ2n) is 5.89. The van der Waals surface area contributed by atoms with Gasteiger partial charge in [0.05, 0.1) is 10.6 Å². The Morgan fingerprint density at radius 1 is 1.08 bits per heavy atom. The van der Waals surface area contributed by atoms with Crippen LogP contribution in [0.1, 0.15) is 16.7 Å². The molecule has 0 aliphatic carbocycles. The van der Waals surface area contributed by atoms with Crippen molar-refractivity contribution in [3.8, 4) is 0 Å². The highest BCUT2D eigenvalue weighted by Crippen LogP contribution is 2.28. The van der Waals surface area contributed by atoms with Crippen molar-refractivity contribution in [3.63, 3.8) is 0 Å². The smallest absolute Gasteiger partial charge is 0.240 e. The Balaban J connectivity index is 2.11. The number of anilines is 1. The molecule has 0 bridgehead atoms. The minimum Gasteiger partial charge on any atom is -0.325 e. The number of nitrogens with one attached hydrogen (secondary N) is 2. The van der Waals surface area contributed by atoms with E-state index < -0.39 is 10.0 Å². The van der Waals surface area contributed by atoms with Crippen LogP contribution in [0.2, 0.25) is 0 Å². The summed E-state index contributed by atoms with van der Waals surface area (Å²) in [4.78, 5) is 13.5. The lowest BCUT2D eigenvalue weighted by Gasteiger charge is -2.12. The van der Waals surface area contributed by atoms with Crippen LogP contribution < -0.4 is 10.0 Å². The third-order valence-corrected chi connectivity index (χ3v) is 7.30. The minimum atomic E-state index is -3.55. The fourth-order valence-electron chi connectivity index (χ4n) is 2.26. The maximum absolute atomic E-state index is 12.3. The van der Waals surface area contributed by atoms with Gasteiger partial charge in [0.15, 0.2) is 0 Å². The third-order valence-electron chi connectivity index (χ3n) is 3.88. The van der Waals surface area contributed by atoms with Gasteiger partial charge in [0.25, 0.3) is 0 Å². The highest BCUT2D eigenvalue weighted by molar-refractivity contribution is 9.10. The second kappa shape index (κ2) is 8.56. The molecule has 0 unspecified atom stereocenters. The van der Waals surface area contributed by atoms with Gasteiger partial charge in [0, 0.05) is 15.1 Å². The molecule has 0 atom stereocenters. The number of halogens is 1. The summed E-state index contributed by atoms with van der Waals surface area (Å²) in [5.74, 6) is 0.0572. The number of hydrogen-bond donors (Lipinski definition) is 2. The molecule has 0 fully saturated rings. The summed E-state index contributed by atoms with van der Waals surface area (Å²) in [5, 5.41) is 2.80. The first kappa shape index (κ1) is 21.0. The molecule has 2 N–H and O–H groups in total. The van der Waals surface area contributed by atoms with Crippen LogP contribution >= 0.6 is 27.7 Å². The number of aryl methyl sites for hydroxylation is 3. The maximum Gasteiger partial charge on any atom is 0.240 e. The largest absolute Gasteiger partial charge is 0.325 e. The molecular weight excluding hydrogens is 436 g/mol. The number of carbonyl (C=O) groups is 1. The number of carbonyl (C=O) groups excluding carboxylic acids is 1. The second-order valence-corrected chi connectivity index (χ2v) is 9.65. The summed E-state index contributed by atoms with van der Waals surface area (Å²) in [7, 11) is -2.20. The first-order chi connectivity index (χ1) is 12.1. The molecule has 0 radical (unpaired) electrons. The van der Waals surface area contributed by atoms with Gasteiger partial charge in [-0.05, 0) is 68.8 Å². The van der Waals surface area contributed by atoms with E-state index in [9.17, 15) is 13.2 Å². The van der Waals surface area contributed by atoms with E-state index in [2.05, 4.69) is 26.0 Å². The van der Waals surface area contributed by atoms with Crippen molar-refractivity contribution >= 4 is 49.3 Å². The lowest BCUT2D eigenvalue weighted by Crippen LogP contribution is -2.20. The Morgan fingerprint density at radius 2 is 1.77 bits per heavy atom. The van der Waals surface area contributed by atoms with E-state index in [-0.39, 0.29) is 16.6 Å². The van der Waals surface area contributed by atoms with E-state index in [4.69, 9.17) is 0 Å². The van der Waals surface area contributed by atoms with Crippen molar-refractivity contribution < 1.29 is 13.2 Å². The Bertz CT molecular complexity index is 944. The number of thioether (sulfide) groups is 1. The van der Waals surface area contributed by atoms with Gasteiger partial charge in [-0.1, -0.05) is 22.0 Å². The van der Waals surface area contributed by atoms with Crippen molar-refractivity contribution in [2.24, 2.45) is 0 Å². The van der Waals surface area contributed by atoms with Crippen molar-refractivity contribution in [1.82, 2.24) is 4.72 Å². The van der Waals surface area contributed by atoms with Crippen LogP contribution in [0.3, 0.4) is 0 Å². The van der Waals surface area contributed by atoms with Crippen LogP contribution in [-0.2, 0) is 14.8 Å². The fourth-order valence-corrected chi connectivity index (χ4v) is 4.38. The molecular formula is C18H21BrN2O3S2. The van der Waals surface area contributed by atoms with Crippen LogP contribution in [-0.4, -0.2) is 27.1 Å². The van der Waals surface area contributed by atoms with E-state index in [0.29, 0.717) is 5.69 Å². The van der Waals surface area contributed by atoms with Gasteiger partial charge in [-0.2, -0.15) is 0 Å². The summed E-state index contributed by atoms with van der Waals surface area (Å²) < 4.78 is 27.2. The number of rotatable bonds is 6. The standard InChI is InChI=1S/C18H21BrN2O3S2/c1-11-5-6-14(26(23,24)20-4)9-16(11)21-18(22)10-25-17-8-12(2)15(19)7-13(17)3/h5-9,20H,10H2,1-4H3,(H,21,22). The molecule has 140 valence electrons. The maximum atomic E-state index is 12.3. The number of amides is 1. The molecule has 26 heavy (non-hydrogen) atoms. The van der Waals surface area contributed by atoms with E-state index in [1.807, 2.05) is 32.9 Å². The monoisotopic (exact) mass is 456 g/mol. The van der Waals surface area contributed by atoms with E-state index in [0.717, 1.165) is 26.1 Å². The van der Waals surface area contributed by atoms with E-state index >= 15 is 0 Å². The zero-order valence-electron chi connectivity index (χ0n) is 15.0. The van der Waals surface area contributed by atoms with Crippen LogP contribution in [0.25, 0.3) is 0 Å². The fraction of sp³-hybridized carbons (Fsp3) is 0.278. The minimum absolute atomic E-state index is 0.118. The summed E-state index contributed by atoms with van der Waals surface area (Å²) in [5.41, 5.74) is 3.50. The number of sulfonamides is 1. The highest BCUT2D eigenvalue weighted by atomic mass is 79.9. The Kier molecular flexibility index (Phi) is 6.90. The molecule has 2 aromatic rings. The first-order valence-electron chi connectivity index (χ1n) is 7.87. The van der Waals surface area contributed by atoms with Crippen molar-refractivity contribution in [3.05, 3.63) is 51.5 Å². The number of hydrogen-bond acceptors (Lipinski definition) is 4. The summed E-state index contributed by atoms with van der Waals surface area (Å²) in [6.45, 7) is 5.83. The molecule has 0 saturated carbocycles. The molecule has 0 aliphatic heterocycles.